The van der Waals surface area contributed by atoms with Crippen molar-refractivity contribution in [2.45, 2.75) is 26.7 Å². The summed E-state index contributed by atoms with van der Waals surface area (Å²) in [5, 5.41) is 0. The molecule has 0 aromatic heterocycles. The molecule has 0 bridgehead atoms. The van der Waals surface area contributed by atoms with Gasteiger partial charge in [0.05, 0.1) is 0 Å². The average molecular weight is 220 g/mol. The second-order valence-corrected chi connectivity index (χ2v) is 4.57. The molecule has 0 heterocycles. The van der Waals surface area contributed by atoms with Gasteiger partial charge < -0.3 is 0 Å². The van der Waals surface area contributed by atoms with Crippen molar-refractivity contribution in [3.05, 3.63) is 64.7 Å². The molecule has 0 aliphatic rings. The first-order chi connectivity index (χ1) is 8.18. The van der Waals surface area contributed by atoms with Gasteiger partial charge in [-0.15, -0.1) is 0 Å². The van der Waals surface area contributed by atoms with Crippen molar-refractivity contribution in [2.75, 3.05) is 0 Å². The Morgan fingerprint density at radius 3 is 2.12 bits per heavy atom. The molecule has 17 heavy (non-hydrogen) atoms. The van der Waals surface area contributed by atoms with Crippen LogP contribution < -0.4 is 5.46 Å². The second kappa shape index (κ2) is 5.22. The van der Waals surface area contributed by atoms with E-state index in [0.29, 0.717) is 0 Å². The zero-order valence-electron chi connectivity index (χ0n) is 10.5. The Balaban J connectivity index is 2.13. The van der Waals surface area contributed by atoms with Crippen molar-refractivity contribution >= 4 is 13.3 Å². The van der Waals surface area contributed by atoms with Gasteiger partial charge >= 0.3 is 0 Å². The number of rotatable bonds is 3. The maximum Gasteiger partial charge on any atom is 0.114 e. The third-order valence-corrected chi connectivity index (χ3v) is 3.34. The molecule has 0 saturated heterocycles. The molecule has 0 aliphatic heterocycles. The van der Waals surface area contributed by atoms with Gasteiger partial charge in [0.1, 0.15) is 7.85 Å². The summed E-state index contributed by atoms with van der Waals surface area (Å²) in [5.41, 5.74) is 6.15. The van der Waals surface area contributed by atoms with Gasteiger partial charge in [0, 0.05) is 0 Å². The van der Waals surface area contributed by atoms with Crippen LogP contribution in [0.25, 0.3) is 0 Å². The van der Waals surface area contributed by atoms with Crippen molar-refractivity contribution in [3.8, 4) is 0 Å². The van der Waals surface area contributed by atoms with E-state index in [4.69, 9.17) is 7.85 Å². The average Bonchev–Trinajstić information content (AvgIpc) is 2.33. The maximum absolute atomic E-state index is 6.08. The summed E-state index contributed by atoms with van der Waals surface area (Å²) < 4.78 is 0. The largest absolute Gasteiger partial charge is 0.114 e. The molecule has 2 rings (SSSR count). The highest BCUT2D eigenvalue weighted by atomic mass is 14.1. The van der Waals surface area contributed by atoms with Crippen molar-refractivity contribution in [1.82, 2.24) is 0 Å². The Morgan fingerprint density at radius 2 is 1.35 bits per heavy atom. The van der Waals surface area contributed by atoms with Crippen LogP contribution in [0.5, 0.6) is 0 Å². The monoisotopic (exact) mass is 220 g/mol. The minimum atomic E-state index is 0.945. The first-order valence-corrected chi connectivity index (χ1v) is 6.07. The molecule has 1 heteroatoms. The van der Waals surface area contributed by atoms with Crippen LogP contribution in [-0.4, -0.2) is 7.85 Å². The summed E-state index contributed by atoms with van der Waals surface area (Å²) in [6.07, 6.45) is 2.07. The number of hydrogen-bond donors (Lipinski definition) is 0. The Hall–Kier alpha value is -1.50. The lowest BCUT2D eigenvalue weighted by Crippen LogP contribution is -2.14. The van der Waals surface area contributed by atoms with Gasteiger partial charge in [0.25, 0.3) is 0 Å². The van der Waals surface area contributed by atoms with Gasteiger partial charge in [0.2, 0.25) is 0 Å². The zero-order valence-corrected chi connectivity index (χ0v) is 10.5. The van der Waals surface area contributed by atoms with Crippen LogP contribution >= 0.6 is 0 Å². The second-order valence-electron chi connectivity index (χ2n) is 4.57. The molecule has 84 valence electrons. The van der Waals surface area contributed by atoms with Crippen LogP contribution in [0.4, 0.5) is 0 Å². The SMILES string of the molecule is [B]c1c(C)cccc1CCc1ccccc1C. The fourth-order valence-corrected chi connectivity index (χ4v) is 2.12. The molecule has 0 aliphatic carbocycles. The van der Waals surface area contributed by atoms with Gasteiger partial charge in [0.15, 0.2) is 0 Å². The highest BCUT2D eigenvalue weighted by Gasteiger charge is 2.02. The molecule has 0 spiro atoms. The van der Waals surface area contributed by atoms with Gasteiger partial charge in [-0.3, -0.25) is 0 Å². The number of aryl methyl sites for hydroxylation is 4. The van der Waals surface area contributed by atoms with Crippen LogP contribution in [0.3, 0.4) is 0 Å². The molecule has 0 saturated carbocycles. The lowest BCUT2D eigenvalue weighted by Gasteiger charge is -2.10. The summed E-state index contributed by atoms with van der Waals surface area (Å²) in [6.45, 7) is 4.22. The zero-order chi connectivity index (χ0) is 12.3. The molecular formula is C16H17B. The molecule has 2 aromatic carbocycles. The third kappa shape index (κ3) is 2.79. The van der Waals surface area contributed by atoms with Crippen molar-refractivity contribution < 1.29 is 0 Å². The van der Waals surface area contributed by atoms with E-state index in [9.17, 15) is 0 Å². The Bertz CT molecular complexity index is 515. The molecule has 2 radical (unpaired) electrons. The van der Waals surface area contributed by atoms with Crippen LogP contribution in [0.15, 0.2) is 42.5 Å². The predicted molar refractivity (Wildman–Crippen MR) is 75.2 cm³/mol. The summed E-state index contributed by atoms with van der Waals surface area (Å²) in [6, 6.07) is 14.8. The molecule has 0 N–H and O–H groups in total. The van der Waals surface area contributed by atoms with Crippen LogP contribution in [0.2, 0.25) is 0 Å². The summed E-state index contributed by atoms with van der Waals surface area (Å²) in [5.74, 6) is 0. The highest BCUT2D eigenvalue weighted by Crippen LogP contribution is 2.11. The van der Waals surface area contributed by atoms with E-state index >= 15 is 0 Å². The minimum Gasteiger partial charge on any atom is -0.0907 e. The Morgan fingerprint density at radius 1 is 0.765 bits per heavy atom. The predicted octanol–water partition coefficient (Wildman–Crippen LogP) is 2.88. The molecular weight excluding hydrogens is 203 g/mol. The standard InChI is InChI=1S/C16H17B/c1-12-6-3-4-8-14(12)10-11-15-9-5-7-13(2)16(15)17/h3-9H,10-11H2,1-2H3. The van der Waals surface area contributed by atoms with Gasteiger partial charge in [-0.2, -0.15) is 0 Å². The summed E-state index contributed by atoms with van der Waals surface area (Å²) >= 11 is 0. The number of benzene rings is 2. The summed E-state index contributed by atoms with van der Waals surface area (Å²) in [4.78, 5) is 0. The van der Waals surface area contributed by atoms with E-state index in [1.54, 1.807) is 0 Å². The molecule has 0 fully saturated rings. The first kappa shape index (κ1) is 12.0. The van der Waals surface area contributed by atoms with Crippen LogP contribution in [0.1, 0.15) is 22.3 Å². The minimum absolute atomic E-state index is 0.945. The fourth-order valence-electron chi connectivity index (χ4n) is 2.12. The Labute approximate surface area is 105 Å². The van der Waals surface area contributed by atoms with E-state index < -0.39 is 0 Å². The normalized spacial score (nSPS) is 10.5. The lowest BCUT2D eigenvalue weighted by molar-refractivity contribution is 0.954. The molecule has 2 aromatic rings. The fraction of sp³-hybridized carbons (Fsp3) is 0.250. The van der Waals surface area contributed by atoms with Crippen LogP contribution in [0, 0.1) is 13.8 Å². The van der Waals surface area contributed by atoms with E-state index in [-0.39, 0.29) is 0 Å². The van der Waals surface area contributed by atoms with Gasteiger partial charge in [-0.05, 0) is 37.8 Å². The Kier molecular flexibility index (Phi) is 3.68. The molecule has 0 nitrogen and oxygen atoms in total. The first-order valence-electron chi connectivity index (χ1n) is 6.07. The van der Waals surface area contributed by atoms with E-state index in [1.165, 1.54) is 22.3 Å². The van der Waals surface area contributed by atoms with Crippen molar-refractivity contribution in [3.63, 3.8) is 0 Å². The quantitative estimate of drug-likeness (QED) is 0.697. The van der Waals surface area contributed by atoms with E-state index in [1.807, 2.05) is 0 Å². The number of hydrogen-bond acceptors (Lipinski definition) is 0. The summed E-state index contributed by atoms with van der Waals surface area (Å²) in [7, 11) is 6.08. The lowest BCUT2D eigenvalue weighted by atomic mass is 9.84. The smallest absolute Gasteiger partial charge is 0.0907 e. The van der Waals surface area contributed by atoms with E-state index in [0.717, 1.165) is 18.3 Å². The molecule has 0 unspecified atom stereocenters. The topological polar surface area (TPSA) is 0 Å². The van der Waals surface area contributed by atoms with Gasteiger partial charge in [-0.1, -0.05) is 59.1 Å². The van der Waals surface area contributed by atoms with E-state index in [2.05, 4.69) is 56.3 Å². The molecule has 0 atom stereocenters. The molecule has 0 amide bonds. The van der Waals surface area contributed by atoms with Gasteiger partial charge in [-0.25, -0.2) is 0 Å². The van der Waals surface area contributed by atoms with Crippen molar-refractivity contribution in [2.24, 2.45) is 0 Å². The van der Waals surface area contributed by atoms with Crippen LogP contribution in [-0.2, 0) is 12.8 Å². The third-order valence-electron chi connectivity index (χ3n) is 3.34. The van der Waals surface area contributed by atoms with Crippen molar-refractivity contribution in [1.29, 1.82) is 0 Å². The maximum atomic E-state index is 6.08. The highest BCUT2D eigenvalue weighted by molar-refractivity contribution is 6.34.